The standard InChI is InChI=1S/C26H34N6OS/c1-31-16-17(15-27-31)28-25-29-23(22-20-3-2-4-21(20)34-24(22)30-25)33-19-7-5-18(6-8-19)32-13-11-26(9-10-26)12-14-32/h15-16,18-19H,2-14H2,1H3,(H,28,29,30). The molecular weight excluding hydrogens is 444 g/mol. The van der Waals surface area contributed by atoms with Crippen LogP contribution in [0.1, 0.15) is 68.2 Å². The van der Waals surface area contributed by atoms with E-state index in [0.29, 0.717) is 5.95 Å². The van der Waals surface area contributed by atoms with E-state index in [0.717, 1.165) is 53.5 Å². The van der Waals surface area contributed by atoms with Gasteiger partial charge in [0.05, 0.1) is 17.3 Å². The largest absolute Gasteiger partial charge is 0.474 e. The summed E-state index contributed by atoms with van der Waals surface area (Å²) in [6.07, 6.45) is 18.1. The van der Waals surface area contributed by atoms with E-state index >= 15 is 0 Å². The van der Waals surface area contributed by atoms with E-state index in [9.17, 15) is 0 Å². The van der Waals surface area contributed by atoms with Crippen LogP contribution in [-0.4, -0.2) is 49.9 Å². The number of hydrogen-bond donors (Lipinski definition) is 1. The average molecular weight is 479 g/mol. The van der Waals surface area contributed by atoms with Crippen molar-refractivity contribution in [3.63, 3.8) is 0 Å². The summed E-state index contributed by atoms with van der Waals surface area (Å²) < 4.78 is 8.47. The van der Waals surface area contributed by atoms with Gasteiger partial charge in [0.15, 0.2) is 0 Å². The second-order valence-corrected chi connectivity index (χ2v) is 12.1. The Balaban J connectivity index is 1.08. The Morgan fingerprint density at radius 1 is 1.06 bits per heavy atom. The average Bonchev–Trinajstić information content (AvgIpc) is 3.13. The number of fused-ring (bicyclic) bond motifs is 3. The third-order valence-corrected chi connectivity index (χ3v) is 9.93. The fourth-order valence-electron chi connectivity index (χ4n) is 6.44. The van der Waals surface area contributed by atoms with E-state index < -0.39 is 0 Å². The smallest absolute Gasteiger partial charge is 0.232 e. The highest BCUT2D eigenvalue weighted by Gasteiger charge is 2.45. The molecule has 180 valence electrons. The maximum absolute atomic E-state index is 6.69. The SMILES string of the molecule is Cn1cc(Nc2nc(OC3CCC(N4CCC5(CC4)CC5)CC3)c3c4c(sc3n2)CCC4)cn1. The molecule has 1 N–H and O–H groups in total. The van der Waals surface area contributed by atoms with E-state index in [4.69, 9.17) is 14.7 Å². The monoisotopic (exact) mass is 478 g/mol. The van der Waals surface area contributed by atoms with Gasteiger partial charge in [0, 0.05) is 24.2 Å². The molecule has 4 aliphatic rings. The quantitative estimate of drug-likeness (QED) is 0.542. The van der Waals surface area contributed by atoms with Gasteiger partial charge in [0.2, 0.25) is 11.8 Å². The van der Waals surface area contributed by atoms with E-state index in [-0.39, 0.29) is 6.10 Å². The van der Waals surface area contributed by atoms with E-state index in [2.05, 4.69) is 15.3 Å². The van der Waals surface area contributed by atoms with Crippen molar-refractivity contribution in [1.29, 1.82) is 0 Å². The predicted octanol–water partition coefficient (Wildman–Crippen LogP) is 5.22. The fraction of sp³-hybridized carbons (Fsp3) is 0.654. The molecule has 0 amide bonds. The third kappa shape index (κ3) is 3.88. The molecule has 0 aromatic carbocycles. The summed E-state index contributed by atoms with van der Waals surface area (Å²) in [4.78, 5) is 15.1. The molecule has 3 aromatic heterocycles. The lowest BCUT2D eigenvalue weighted by atomic mass is 9.87. The number of ether oxygens (including phenoxy) is 1. The van der Waals surface area contributed by atoms with E-state index in [1.165, 1.54) is 73.9 Å². The molecule has 3 aliphatic carbocycles. The van der Waals surface area contributed by atoms with Gasteiger partial charge in [0.1, 0.15) is 10.9 Å². The molecule has 1 aliphatic heterocycles. The molecule has 1 saturated heterocycles. The molecular formula is C26H34N6OS. The summed E-state index contributed by atoms with van der Waals surface area (Å²) >= 11 is 1.82. The molecule has 0 unspecified atom stereocenters. The Hall–Kier alpha value is -2.19. The zero-order valence-corrected chi connectivity index (χ0v) is 20.9. The molecule has 2 saturated carbocycles. The van der Waals surface area contributed by atoms with Crippen molar-refractivity contribution in [1.82, 2.24) is 24.6 Å². The number of aromatic nitrogens is 4. The molecule has 34 heavy (non-hydrogen) atoms. The molecule has 0 atom stereocenters. The molecule has 7 rings (SSSR count). The molecule has 3 fully saturated rings. The van der Waals surface area contributed by atoms with Crippen LogP contribution in [0.4, 0.5) is 11.6 Å². The summed E-state index contributed by atoms with van der Waals surface area (Å²) in [5.74, 6) is 1.39. The first-order chi connectivity index (χ1) is 16.6. The second-order valence-electron chi connectivity index (χ2n) is 11.0. The Labute approximate surface area is 204 Å². The highest BCUT2D eigenvalue weighted by atomic mass is 32.1. The summed E-state index contributed by atoms with van der Waals surface area (Å²) in [5, 5.41) is 8.76. The van der Waals surface area contributed by atoms with E-state index in [1.54, 1.807) is 10.9 Å². The van der Waals surface area contributed by atoms with Crippen LogP contribution in [0.15, 0.2) is 12.4 Å². The van der Waals surface area contributed by atoms with Crippen molar-refractivity contribution >= 4 is 33.2 Å². The Bertz CT molecular complexity index is 1200. The van der Waals surface area contributed by atoms with Crippen LogP contribution >= 0.6 is 11.3 Å². The number of aryl methyl sites for hydroxylation is 3. The van der Waals surface area contributed by atoms with Crippen LogP contribution < -0.4 is 10.1 Å². The summed E-state index contributed by atoms with van der Waals surface area (Å²) in [7, 11) is 1.91. The van der Waals surface area contributed by atoms with Gasteiger partial charge in [-0.2, -0.15) is 10.1 Å². The lowest BCUT2D eigenvalue weighted by Crippen LogP contribution is -2.44. The minimum absolute atomic E-state index is 0.247. The first-order valence-electron chi connectivity index (χ1n) is 13.1. The number of nitrogens with one attached hydrogen (secondary N) is 1. The summed E-state index contributed by atoms with van der Waals surface area (Å²) in [5.41, 5.74) is 3.09. The molecule has 1 spiro atoms. The number of likely N-dealkylation sites (tertiary alicyclic amines) is 1. The number of piperidine rings is 1. The Morgan fingerprint density at radius 3 is 2.62 bits per heavy atom. The lowest BCUT2D eigenvalue weighted by Gasteiger charge is -2.41. The molecule has 0 radical (unpaired) electrons. The Kier molecular flexibility index (Phi) is 5.09. The molecule has 8 heteroatoms. The lowest BCUT2D eigenvalue weighted by molar-refractivity contribution is 0.0612. The van der Waals surface area contributed by atoms with Crippen molar-refractivity contribution in [2.45, 2.75) is 82.8 Å². The molecule has 0 bridgehead atoms. The van der Waals surface area contributed by atoms with Crippen molar-refractivity contribution in [2.24, 2.45) is 12.5 Å². The number of rotatable bonds is 5. The number of thiophene rings is 1. The van der Waals surface area contributed by atoms with Gasteiger partial charge in [-0.1, -0.05) is 0 Å². The van der Waals surface area contributed by atoms with Gasteiger partial charge in [-0.25, -0.2) is 4.98 Å². The maximum Gasteiger partial charge on any atom is 0.232 e. The van der Waals surface area contributed by atoms with Gasteiger partial charge in [0.25, 0.3) is 0 Å². The van der Waals surface area contributed by atoms with Gasteiger partial charge in [-0.05, 0) is 94.7 Å². The normalized spacial score (nSPS) is 26.1. The van der Waals surface area contributed by atoms with Crippen molar-refractivity contribution in [2.75, 3.05) is 18.4 Å². The van der Waals surface area contributed by atoms with Crippen molar-refractivity contribution < 1.29 is 4.74 Å². The summed E-state index contributed by atoms with van der Waals surface area (Å²) in [6, 6.07) is 0.745. The van der Waals surface area contributed by atoms with E-state index in [1.807, 2.05) is 24.6 Å². The van der Waals surface area contributed by atoms with Gasteiger partial charge < -0.3 is 15.0 Å². The first-order valence-corrected chi connectivity index (χ1v) is 13.9. The fourth-order valence-corrected chi connectivity index (χ4v) is 7.70. The zero-order chi connectivity index (χ0) is 22.7. The first kappa shape index (κ1) is 21.1. The highest BCUT2D eigenvalue weighted by Crippen LogP contribution is 2.54. The third-order valence-electron chi connectivity index (χ3n) is 8.75. The summed E-state index contributed by atoms with van der Waals surface area (Å²) in [6.45, 7) is 2.63. The zero-order valence-electron chi connectivity index (χ0n) is 20.1. The number of nitrogens with zero attached hydrogens (tertiary/aromatic N) is 5. The van der Waals surface area contributed by atoms with Crippen LogP contribution in [0.25, 0.3) is 10.2 Å². The molecule has 3 aromatic rings. The van der Waals surface area contributed by atoms with Gasteiger partial charge >= 0.3 is 0 Å². The Morgan fingerprint density at radius 2 is 1.88 bits per heavy atom. The van der Waals surface area contributed by atoms with Gasteiger partial charge in [-0.3, -0.25) is 4.68 Å². The second kappa shape index (κ2) is 8.19. The van der Waals surface area contributed by atoms with Crippen LogP contribution in [-0.2, 0) is 19.9 Å². The molecule has 4 heterocycles. The van der Waals surface area contributed by atoms with Crippen molar-refractivity contribution in [3.05, 3.63) is 22.8 Å². The van der Waals surface area contributed by atoms with Crippen LogP contribution in [0, 0.1) is 5.41 Å². The topological polar surface area (TPSA) is 68.1 Å². The number of hydrogen-bond acceptors (Lipinski definition) is 7. The highest BCUT2D eigenvalue weighted by molar-refractivity contribution is 7.19. The van der Waals surface area contributed by atoms with Crippen LogP contribution in [0.3, 0.4) is 0 Å². The maximum atomic E-state index is 6.69. The van der Waals surface area contributed by atoms with Crippen LogP contribution in [0.5, 0.6) is 5.88 Å². The van der Waals surface area contributed by atoms with Crippen LogP contribution in [0.2, 0.25) is 0 Å². The number of anilines is 2. The minimum atomic E-state index is 0.247. The van der Waals surface area contributed by atoms with Crippen molar-refractivity contribution in [3.8, 4) is 5.88 Å². The predicted molar refractivity (Wildman–Crippen MR) is 135 cm³/mol. The molecule has 7 nitrogen and oxygen atoms in total. The minimum Gasteiger partial charge on any atom is -0.474 e. The van der Waals surface area contributed by atoms with Gasteiger partial charge in [-0.15, -0.1) is 11.3 Å².